The summed E-state index contributed by atoms with van der Waals surface area (Å²) in [5.41, 5.74) is 3.76. The van der Waals surface area contributed by atoms with E-state index < -0.39 is 49.3 Å². The number of carboxylic acid groups (broad SMARTS) is 1. The molecule has 2 atom stereocenters. The topological polar surface area (TPSA) is 114 Å². The molecule has 0 aliphatic heterocycles. The largest absolute Gasteiger partial charge is 0.480 e. The number of carboxylic acids is 1. The molecule has 0 aromatic heterocycles. The number of methoxy groups -OCH3 is 1. The highest BCUT2D eigenvalue weighted by atomic mass is 19.4. The first kappa shape index (κ1) is 25.0. The number of halogens is 3. The van der Waals surface area contributed by atoms with Gasteiger partial charge < -0.3 is 25.2 Å². The van der Waals surface area contributed by atoms with Gasteiger partial charge in [-0.25, -0.2) is 9.59 Å². The number of aliphatic carboxylic acids is 1. The first-order valence-electron chi connectivity index (χ1n) is 10.3. The van der Waals surface area contributed by atoms with E-state index in [4.69, 9.17) is 9.84 Å². The molecule has 8 nitrogen and oxygen atoms in total. The lowest BCUT2D eigenvalue weighted by molar-refractivity contribution is -0.151. The van der Waals surface area contributed by atoms with Gasteiger partial charge in [0.25, 0.3) is 0 Å². The molecular formula is C23H23F3N2O6. The van der Waals surface area contributed by atoms with Crippen molar-refractivity contribution in [3.8, 4) is 11.1 Å². The number of hydrogen-bond donors (Lipinski definition) is 3. The summed E-state index contributed by atoms with van der Waals surface area (Å²) in [6.45, 7) is -0.633. The van der Waals surface area contributed by atoms with Crippen LogP contribution in [0.3, 0.4) is 0 Å². The predicted molar refractivity (Wildman–Crippen MR) is 114 cm³/mol. The molecule has 0 saturated carbocycles. The van der Waals surface area contributed by atoms with Gasteiger partial charge in [-0.2, -0.15) is 13.2 Å². The number of carbonyl (C=O) groups excluding carboxylic acids is 2. The zero-order valence-corrected chi connectivity index (χ0v) is 18.1. The molecular weight excluding hydrogens is 457 g/mol. The molecule has 34 heavy (non-hydrogen) atoms. The molecule has 0 radical (unpaired) electrons. The number of rotatable bonds is 9. The Bertz CT molecular complexity index is 1010. The molecule has 0 fully saturated rings. The van der Waals surface area contributed by atoms with E-state index in [1.807, 2.05) is 59.2 Å². The lowest BCUT2D eigenvalue weighted by atomic mass is 9.98. The predicted octanol–water partition coefficient (Wildman–Crippen LogP) is 3.06. The van der Waals surface area contributed by atoms with Crippen molar-refractivity contribution >= 4 is 18.0 Å². The lowest BCUT2D eigenvalue weighted by Crippen LogP contribution is -2.54. The van der Waals surface area contributed by atoms with Crippen LogP contribution in [0, 0.1) is 0 Å². The highest BCUT2D eigenvalue weighted by molar-refractivity contribution is 5.89. The van der Waals surface area contributed by atoms with Crippen LogP contribution in [0.5, 0.6) is 0 Å². The number of benzene rings is 2. The van der Waals surface area contributed by atoms with E-state index in [2.05, 4.69) is 4.74 Å². The number of amides is 2. The molecule has 0 bridgehead atoms. The maximum atomic E-state index is 13.0. The van der Waals surface area contributed by atoms with Crippen molar-refractivity contribution in [1.82, 2.24) is 10.6 Å². The van der Waals surface area contributed by atoms with Gasteiger partial charge in [0, 0.05) is 13.0 Å². The number of nitrogens with one attached hydrogen (secondary N) is 2. The summed E-state index contributed by atoms with van der Waals surface area (Å²) in [5, 5.41) is 12.9. The first-order chi connectivity index (χ1) is 16.1. The zero-order valence-electron chi connectivity index (χ0n) is 18.1. The van der Waals surface area contributed by atoms with Gasteiger partial charge in [-0.05, 0) is 22.3 Å². The molecule has 1 aliphatic carbocycles. The van der Waals surface area contributed by atoms with Gasteiger partial charge in [0.1, 0.15) is 12.6 Å². The molecule has 0 spiro atoms. The fourth-order valence-corrected chi connectivity index (χ4v) is 3.84. The molecule has 182 valence electrons. The van der Waals surface area contributed by atoms with Crippen molar-refractivity contribution in [3.05, 3.63) is 59.7 Å². The number of fused-ring (bicyclic) bond motifs is 3. The van der Waals surface area contributed by atoms with Crippen LogP contribution in [-0.2, 0) is 19.1 Å². The number of carbonyl (C=O) groups is 3. The minimum atomic E-state index is -4.81. The second-order valence-electron chi connectivity index (χ2n) is 7.70. The van der Waals surface area contributed by atoms with E-state index in [-0.39, 0.29) is 12.5 Å². The Kier molecular flexibility index (Phi) is 7.77. The van der Waals surface area contributed by atoms with Gasteiger partial charge in [-0.15, -0.1) is 0 Å². The molecule has 1 aliphatic rings. The minimum absolute atomic E-state index is 0.165. The Balaban J connectivity index is 1.69. The molecule has 1 unspecified atom stereocenters. The van der Waals surface area contributed by atoms with Crippen molar-refractivity contribution in [3.63, 3.8) is 0 Å². The van der Waals surface area contributed by atoms with Crippen LogP contribution in [-0.4, -0.2) is 61.7 Å². The first-order valence-corrected chi connectivity index (χ1v) is 10.3. The third-order valence-electron chi connectivity index (χ3n) is 5.34. The second-order valence-corrected chi connectivity index (χ2v) is 7.70. The van der Waals surface area contributed by atoms with E-state index in [0.717, 1.165) is 22.3 Å². The smallest absolute Gasteiger partial charge is 0.407 e. The number of alkyl halides is 3. The summed E-state index contributed by atoms with van der Waals surface area (Å²) in [6.07, 6.45) is -7.74. The molecule has 3 rings (SSSR count). The number of ether oxygens (including phenoxy) is 2. The fraction of sp³-hybridized carbons (Fsp3) is 0.348. The van der Waals surface area contributed by atoms with Crippen molar-refractivity contribution in [2.75, 3.05) is 20.3 Å². The third-order valence-corrected chi connectivity index (χ3v) is 5.34. The van der Waals surface area contributed by atoms with E-state index in [9.17, 15) is 27.6 Å². The van der Waals surface area contributed by atoms with Crippen LogP contribution in [0.4, 0.5) is 18.0 Å². The van der Waals surface area contributed by atoms with E-state index in [1.165, 1.54) is 7.11 Å². The molecule has 2 aromatic rings. The van der Waals surface area contributed by atoms with Crippen LogP contribution in [0.25, 0.3) is 11.1 Å². The fourth-order valence-electron chi connectivity index (χ4n) is 3.84. The Morgan fingerprint density at radius 3 is 2.03 bits per heavy atom. The standard InChI is InChI=1S/C23H23F3N2O6/c1-33-12-19(21(30)31)27-20(29)18(10-23(24,25)26)28-22(32)34-11-17-15-8-4-2-6-13(15)14-7-3-5-9-16(14)17/h2-9,17-19H,10-12H2,1H3,(H,27,29)(H,28,32)(H,30,31)/t18?,19-/m0/s1. The molecule has 11 heteroatoms. The second kappa shape index (κ2) is 10.6. The summed E-state index contributed by atoms with van der Waals surface area (Å²) in [4.78, 5) is 35.9. The van der Waals surface area contributed by atoms with Gasteiger partial charge in [0.05, 0.1) is 13.0 Å². The van der Waals surface area contributed by atoms with Crippen molar-refractivity contribution in [2.24, 2.45) is 0 Å². The molecule has 0 heterocycles. The highest BCUT2D eigenvalue weighted by Crippen LogP contribution is 2.44. The average molecular weight is 480 g/mol. The maximum absolute atomic E-state index is 13.0. The third kappa shape index (κ3) is 6.04. The molecule has 3 N–H and O–H groups in total. The maximum Gasteiger partial charge on any atom is 0.407 e. The van der Waals surface area contributed by atoms with E-state index in [1.54, 1.807) is 0 Å². The van der Waals surface area contributed by atoms with Crippen LogP contribution in [0.2, 0.25) is 0 Å². The van der Waals surface area contributed by atoms with Gasteiger partial charge in [-0.3, -0.25) is 4.79 Å². The molecule has 0 saturated heterocycles. The lowest BCUT2D eigenvalue weighted by Gasteiger charge is -2.22. The van der Waals surface area contributed by atoms with Crippen LogP contribution in [0.1, 0.15) is 23.5 Å². The summed E-state index contributed by atoms with van der Waals surface area (Å²) < 4.78 is 48.9. The number of hydrogen-bond acceptors (Lipinski definition) is 5. The summed E-state index contributed by atoms with van der Waals surface area (Å²) in [6, 6.07) is 11.4. The summed E-state index contributed by atoms with van der Waals surface area (Å²) in [7, 11) is 1.17. The zero-order chi connectivity index (χ0) is 24.9. The SMILES string of the molecule is COC[C@H](NC(=O)C(CC(F)(F)F)NC(=O)OCC1c2ccccc2-c2ccccc21)C(=O)O. The Hall–Kier alpha value is -3.60. The quantitative estimate of drug-likeness (QED) is 0.509. The average Bonchev–Trinajstić information content (AvgIpc) is 3.09. The van der Waals surface area contributed by atoms with Crippen LogP contribution < -0.4 is 10.6 Å². The van der Waals surface area contributed by atoms with Crippen molar-refractivity contribution < 1.29 is 42.1 Å². The minimum Gasteiger partial charge on any atom is -0.480 e. The van der Waals surface area contributed by atoms with E-state index >= 15 is 0 Å². The van der Waals surface area contributed by atoms with Crippen molar-refractivity contribution in [2.45, 2.75) is 30.6 Å². The van der Waals surface area contributed by atoms with E-state index in [0.29, 0.717) is 0 Å². The molecule has 2 aromatic carbocycles. The summed E-state index contributed by atoms with van der Waals surface area (Å²) >= 11 is 0. The van der Waals surface area contributed by atoms with Gasteiger partial charge >= 0.3 is 18.2 Å². The highest BCUT2D eigenvalue weighted by Gasteiger charge is 2.38. The number of alkyl carbamates (subject to hydrolysis) is 1. The van der Waals surface area contributed by atoms with Gasteiger partial charge in [0.2, 0.25) is 5.91 Å². The normalized spacial score (nSPS) is 14.5. The monoisotopic (exact) mass is 480 g/mol. The van der Waals surface area contributed by atoms with Crippen LogP contribution in [0.15, 0.2) is 48.5 Å². The van der Waals surface area contributed by atoms with Gasteiger partial charge in [0.15, 0.2) is 6.04 Å². The van der Waals surface area contributed by atoms with Crippen molar-refractivity contribution in [1.29, 1.82) is 0 Å². The molecule has 2 amide bonds. The Morgan fingerprint density at radius 2 is 1.53 bits per heavy atom. The summed E-state index contributed by atoms with van der Waals surface area (Å²) in [5.74, 6) is -3.15. The Morgan fingerprint density at radius 1 is 0.971 bits per heavy atom. The van der Waals surface area contributed by atoms with Crippen LogP contribution >= 0.6 is 0 Å². The Labute approximate surface area is 193 Å². The van der Waals surface area contributed by atoms with Gasteiger partial charge in [-0.1, -0.05) is 48.5 Å².